The standard InChI is InChI=1S/C18H16BrNO2/c1-12-3-8-16(13(2)11-12)20-18(22)10-9-17(21)14-4-6-15(19)7-5-14/h3-11H,1-2H3,(H,20,22)/b10-9+. The molecule has 0 aliphatic carbocycles. The van der Waals surface area contributed by atoms with Crippen molar-refractivity contribution >= 4 is 33.3 Å². The van der Waals surface area contributed by atoms with E-state index >= 15 is 0 Å². The van der Waals surface area contributed by atoms with Crippen LogP contribution in [0, 0.1) is 13.8 Å². The molecule has 4 heteroatoms. The van der Waals surface area contributed by atoms with Crippen molar-refractivity contribution < 1.29 is 9.59 Å². The summed E-state index contributed by atoms with van der Waals surface area (Å²) < 4.78 is 0.903. The smallest absolute Gasteiger partial charge is 0.248 e. The predicted octanol–water partition coefficient (Wildman–Crippen LogP) is 4.44. The van der Waals surface area contributed by atoms with E-state index in [-0.39, 0.29) is 11.7 Å². The second-order valence-electron chi connectivity index (χ2n) is 5.01. The quantitative estimate of drug-likeness (QED) is 0.649. The third-order valence-corrected chi connectivity index (χ3v) is 3.68. The second-order valence-corrected chi connectivity index (χ2v) is 5.93. The van der Waals surface area contributed by atoms with Crippen LogP contribution in [0.15, 0.2) is 59.1 Å². The number of rotatable bonds is 4. The Morgan fingerprint density at radius 1 is 1.00 bits per heavy atom. The van der Waals surface area contributed by atoms with E-state index in [2.05, 4.69) is 21.2 Å². The molecule has 1 amide bonds. The monoisotopic (exact) mass is 357 g/mol. The van der Waals surface area contributed by atoms with Gasteiger partial charge in [0.05, 0.1) is 0 Å². The molecule has 0 radical (unpaired) electrons. The van der Waals surface area contributed by atoms with Crippen LogP contribution in [-0.2, 0) is 4.79 Å². The van der Waals surface area contributed by atoms with Gasteiger partial charge in [0.2, 0.25) is 5.91 Å². The van der Waals surface area contributed by atoms with E-state index in [1.165, 1.54) is 12.2 Å². The molecule has 0 aliphatic rings. The van der Waals surface area contributed by atoms with Gasteiger partial charge in [0.1, 0.15) is 0 Å². The van der Waals surface area contributed by atoms with Gasteiger partial charge in [-0.15, -0.1) is 0 Å². The minimum absolute atomic E-state index is 0.205. The zero-order valence-electron chi connectivity index (χ0n) is 12.4. The minimum atomic E-state index is -0.322. The highest BCUT2D eigenvalue weighted by molar-refractivity contribution is 9.10. The van der Waals surface area contributed by atoms with Gasteiger partial charge in [-0.2, -0.15) is 0 Å². The Hall–Kier alpha value is -2.20. The fraction of sp³-hybridized carbons (Fsp3) is 0.111. The molecule has 0 bridgehead atoms. The molecule has 0 atom stereocenters. The van der Waals surface area contributed by atoms with E-state index in [0.717, 1.165) is 21.3 Å². The first-order valence-corrected chi connectivity index (χ1v) is 7.61. The second kappa shape index (κ2) is 7.18. The van der Waals surface area contributed by atoms with E-state index in [0.29, 0.717) is 5.56 Å². The summed E-state index contributed by atoms with van der Waals surface area (Å²) in [7, 11) is 0. The summed E-state index contributed by atoms with van der Waals surface area (Å²) in [5.41, 5.74) is 3.41. The van der Waals surface area contributed by atoms with E-state index < -0.39 is 0 Å². The first-order chi connectivity index (χ1) is 10.5. The molecule has 112 valence electrons. The number of amides is 1. The molecule has 0 saturated carbocycles. The average Bonchev–Trinajstić information content (AvgIpc) is 2.48. The maximum atomic E-state index is 11.9. The molecule has 0 spiro atoms. The summed E-state index contributed by atoms with van der Waals surface area (Å²) in [6.45, 7) is 3.93. The number of nitrogens with one attached hydrogen (secondary N) is 1. The SMILES string of the molecule is Cc1ccc(NC(=O)/C=C/C(=O)c2ccc(Br)cc2)c(C)c1. The van der Waals surface area contributed by atoms with Gasteiger partial charge < -0.3 is 5.32 Å². The number of halogens is 1. The first-order valence-electron chi connectivity index (χ1n) is 6.82. The Kier molecular flexibility index (Phi) is 5.28. The van der Waals surface area contributed by atoms with E-state index in [9.17, 15) is 9.59 Å². The van der Waals surface area contributed by atoms with Gasteiger partial charge in [-0.05, 0) is 55.8 Å². The highest BCUT2D eigenvalue weighted by atomic mass is 79.9. The average molecular weight is 358 g/mol. The van der Waals surface area contributed by atoms with E-state index in [1.54, 1.807) is 24.3 Å². The zero-order valence-corrected chi connectivity index (χ0v) is 14.0. The Morgan fingerprint density at radius 3 is 2.32 bits per heavy atom. The van der Waals surface area contributed by atoms with Crippen molar-refractivity contribution in [3.63, 3.8) is 0 Å². The van der Waals surface area contributed by atoms with Crippen LogP contribution in [0.3, 0.4) is 0 Å². The molecule has 3 nitrogen and oxygen atoms in total. The lowest BCUT2D eigenvalue weighted by molar-refractivity contribution is -0.111. The van der Waals surface area contributed by atoms with Gasteiger partial charge in [-0.25, -0.2) is 0 Å². The van der Waals surface area contributed by atoms with Gasteiger partial charge in [-0.1, -0.05) is 33.6 Å². The summed E-state index contributed by atoms with van der Waals surface area (Å²) in [6, 6.07) is 12.8. The van der Waals surface area contributed by atoms with Crippen molar-refractivity contribution in [1.82, 2.24) is 0 Å². The molecular weight excluding hydrogens is 342 g/mol. The molecule has 0 unspecified atom stereocenters. The number of aryl methyl sites for hydroxylation is 2. The molecule has 2 aromatic rings. The van der Waals surface area contributed by atoms with Crippen LogP contribution in [-0.4, -0.2) is 11.7 Å². The molecule has 0 aliphatic heterocycles. The third kappa shape index (κ3) is 4.40. The van der Waals surface area contributed by atoms with Gasteiger partial charge in [-0.3, -0.25) is 9.59 Å². The summed E-state index contributed by atoms with van der Waals surface area (Å²) in [4.78, 5) is 23.8. The molecule has 2 rings (SSSR count). The van der Waals surface area contributed by atoms with Crippen LogP contribution in [0.5, 0.6) is 0 Å². The Labute approximate surface area is 138 Å². The van der Waals surface area contributed by atoms with E-state index in [4.69, 9.17) is 0 Å². The van der Waals surface area contributed by atoms with Crippen LogP contribution >= 0.6 is 15.9 Å². The lowest BCUT2D eigenvalue weighted by atomic mass is 10.1. The summed E-state index contributed by atoms with van der Waals surface area (Å²) in [6.07, 6.45) is 2.53. The molecular formula is C18H16BrNO2. The van der Waals surface area contributed by atoms with Crippen LogP contribution in [0.25, 0.3) is 0 Å². The maximum Gasteiger partial charge on any atom is 0.248 e. The van der Waals surface area contributed by atoms with Crippen molar-refractivity contribution in [2.45, 2.75) is 13.8 Å². The third-order valence-electron chi connectivity index (χ3n) is 3.15. The number of ketones is 1. The molecule has 0 aromatic heterocycles. The van der Waals surface area contributed by atoms with Crippen molar-refractivity contribution in [3.8, 4) is 0 Å². The lowest BCUT2D eigenvalue weighted by Gasteiger charge is -2.06. The summed E-state index contributed by atoms with van der Waals surface area (Å²) in [5.74, 6) is -0.527. The zero-order chi connectivity index (χ0) is 16.1. The van der Waals surface area contributed by atoms with Crippen molar-refractivity contribution in [2.75, 3.05) is 5.32 Å². The fourth-order valence-electron chi connectivity index (χ4n) is 1.99. The van der Waals surface area contributed by atoms with Gasteiger partial charge in [0, 0.05) is 21.8 Å². The first kappa shape index (κ1) is 16.2. The number of anilines is 1. The Morgan fingerprint density at radius 2 is 1.68 bits per heavy atom. The lowest BCUT2D eigenvalue weighted by Crippen LogP contribution is -2.10. The number of hydrogen-bond acceptors (Lipinski definition) is 2. The van der Waals surface area contributed by atoms with Crippen molar-refractivity contribution in [2.24, 2.45) is 0 Å². The minimum Gasteiger partial charge on any atom is -0.322 e. The molecule has 2 aromatic carbocycles. The van der Waals surface area contributed by atoms with Crippen LogP contribution in [0.4, 0.5) is 5.69 Å². The summed E-state index contributed by atoms with van der Waals surface area (Å²) in [5, 5.41) is 2.77. The molecule has 0 fully saturated rings. The van der Waals surface area contributed by atoms with Crippen molar-refractivity contribution in [1.29, 1.82) is 0 Å². The van der Waals surface area contributed by atoms with Crippen LogP contribution in [0.1, 0.15) is 21.5 Å². The molecule has 22 heavy (non-hydrogen) atoms. The fourth-order valence-corrected chi connectivity index (χ4v) is 2.25. The number of benzene rings is 2. The predicted molar refractivity (Wildman–Crippen MR) is 92.2 cm³/mol. The topological polar surface area (TPSA) is 46.2 Å². The number of carbonyl (C=O) groups excluding carboxylic acids is 2. The van der Waals surface area contributed by atoms with Crippen molar-refractivity contribution in [3.05, 3.63) is 75.8 Å². The normalized spacial score (nSPS) is 10.7. The van der Waals surface area contributed by atoms with Crippen LogP contribution < -0.4 is 5.32 Å². The number of carbonyl (C=O) groups is 2. The van der Waals surface area contributed by atoms with Gasteiger partial charge in [0.25, 0.3) is 0 Å². The largest absolute Gasteiger partial charge is 0.322 e. The highest BCUT2D eigenvalue weighted by Crippen LogP contribution is 2.16. The highest BCUT2D eigenvalue weighted by Gasteiger charge is 2.04. The number of allylic oxidation sites excluding steroid dienone is 1. The van der Waals surface area contributed by atoms with Crippen LogP contribution in [0.2, 0.25) is 0 Å². The molecule has 1 N–H and O–H groups in total. The maximum absolute atomic E-state index is 11.9. The summed E-state index contributed by atoms with van der Waals surface area (Å²) >= 11 is 3.31. The van der Waals surface area contributed by atoms with E-state index in [1.807, 2.05) is 32.0 Å². The van der Waals surface area contributed by atoms with Gasteiger partial charge in [0.15, 0.2) is 5.78 Å². The number of hydrogen-bond donors (Lipinski definition) is 1. The Bertz CT molecular complexity index is 733. The molecule has 0 heterocycles. The Balaban J connectivity index is 2.02. The van der Waals surface area contributed by atoms with Gasteiger partial charge >= 0.3 is 0 Å². The molecule has 0 saturated heterocycles.